The van der Waals surface area contributed by atoms with E-state index in [-0.39, 0.29) is 11.9 Å². The summed E-state index contributed by atoms with van der Waals surface area (Å²) in [4.78, 5) is 14.7. The molecule has 1 fully saturated rings. The maximum absolute atomic E-state index is 12.9. The molecule has 7 nitrogen and oxygen atoms in total. The normalized spacial score (nSPS) is 21.6. The van der Waals surface area contributed by atoms with E-state index in [9.17, 15) is 4.79 Å². The fourth-order valence-electron chi connectivity index (χ4n) is 3.11. The number of tetrazole rings is 1. The monoisotopic (exact) mass is 319 g/mol. The molecule has 0 saturated carbocycles. The van der Waals surface area contributed by atoms with Gasteiger partial charge in [-0.25, -0.2) is 0 Å². The van der Waals surface area contributed by atoms with Gasteiger partial charge in [-0.05, 0) is 30.9 Å². The number of nitrogens with zero attached hydrogens (tertiary/aromatic N) is 4. The van der Waals surface area contributed by atoms with Crippen LogP contribution in [0, 0.1) is 0 Å². The van der Waals surface area contributed by atoms with Crippen LogP contribution in [0.25, 0.3) is 0 Å². The second kappa shape index (κ2) is 5.75. The van der Waals surface area contributed by atoms with Crippen LogP contribution in [-0.4, -0.2) is 49.5 Å². The van der Waals surface area contributed by atoms with Crippen LogP contribution < -0.4 is 0 Å². The first kappa shape index (κ1) is 13.8. The van der Waals surface area contributed by atoms with Crippen molar-refractivity contribution in [3.05, 3.63) is 29.0 Å². The molecular weight excluding hydrogens is 302 g/mol. The first-order valence-corrected chi connectivity index (χ1v) is 8.72. The van der Waals surface area contributed by atoms with Crippen LogP contribution in [0.1, 0.15) is 46.6 Å². The fraction of sp³-hybridized carbons (Fsp3) is 0.571. The van der Waals surface area contributed by atoms with Crippen molar-refractivity contribution >= 4 is 17.7 Å². The summed E-state index contributed by atoms with van der Waals surface area (Å²) in [5.74, 6) is 3.64. The maximum atomic E-state index is 12.9. The van der Waals surface area contributed by atoms with Crippen molar-refractivity contribution in [3.63, 3.8) is 0 Å². The van der Waals surface area contributed by atoms with E-state index >= 15 is 0 Å². The standard InChI is InChI=1S/C14H17N5O2S/c20-14(12-7-9-3-1-2-4-11(9)21-12)19-5-6-22-8-10(19)13-15-17-18-16-13/h7,10H,1-6,8H2,(H,15,16,17,18). The van der Waals surface area contributed by atoms with Crippen molar-refractivity contribution in [1.82, 2.24) is 25.5 Å². The molecule has 116 valence electrons. The molecule has 1 amide bonds. The van der Waals surface area contributed by atoms with E-state index in [0.717, 1.165) is 36.5 Å². The number of thioether (sulfide) groups is 1. The summed E-state index contributed by atoms with van der Waals surface area (Å²) < 4.78 is 5.82. The molecule has 2 aromatic heterocycles. The number of rotatable bonds is 2. The highest BCUT2D eigenvalue weighted by Crippen LogP contribution is 2.31. The van der Waals surface area contributed by atoms with Crippen molar-refractivity contribution in [2.45, 2.75) is 31.7 Å². The summed E-state index contributed by atoms with van der Waals surface area (Å²) in [6.07, 6.45) is 4.26. The molecule has 3 heterocycles. The van der Waals surface area contributed by atoms with Gasteiger partial charge in [0.2, 0.25) is 0 Å². The minimum absolute atomic E-state index is 0.0653. The summed E-state index contributed by atoms with van der Waals surface area (Å²) in [6.45, 7) is 0.675. The van der Waals surface area contributed by atoms with Crippen molar-refractivity contribution in [3.8, 4) is 0 Å². The highest BCUT2D eigenvalue weighted by atomic mass is 32.2. The molecule has 1 atom stereocenters. The third-order valence-corrected chi connectivity index (χ3v) is 5.28. The lowest BCUT2D eigenvalue weighted by Gasteiger charge is -2.32. The predicted molar refractivity (Wildman–Crippen MR) is 80.6 cm³/mol. The zero-order chi connectivity index (χ0) is 14.9. The van der Waals surface area contributed by atoms with E-state index < -0.39 is 0 Å². The number of nitrogens with one attached hydrogen (secondary N) is 1. The SMILES string of the molecule is O=C(c1cc2c(o1)CCCC2)N1CCSCC1c1nn[nH]n1. The average Bonchev–Trinajstić information content (AvgIpc) is 3.23. The Bertz CT molecular complexity index is 645. The summed E-state index contributed by atoms with van der Waals surface area (Å²) in [5.41, 5.74) is 1.19. The van der Waals surface area contributed by atoms with Crippen molar-refractivity contribution in [1.29, 1.82) is 0 Å². The van der Waals surface area contributed by atoms with Gasteiger partial charge in [0.25, 0.3) is 5.91 Å². The predicted octanol–water partition coefficient (Wildman–Crippen LogP) is 1.60. The number of carbonyl (C=O) groups excluding carboxylic acids is 1. The largest absolute Gasteiger partial charge is 0.456 e. The number of hydrogen-bond donors (Lipinski definition) is 1. The molecule has 8 heteroatoms. The Labute approximate surface area is 131 Å². The third kappa shape index (κ3) is 2.41. The van der Waals surface area contributed by atoms with E-state index in [2.05, 4.69) is 20.6 Å². The molecule has 1 aliphatic heterocycles. The lowest BCUT2D eigenvalue weighted by atomic mass is 9.99. The smallest absolute Gasteiger partial charge is 0.290 e. The quantitative estimate of drug-likeness (QED) is 0.904. The van der Waals surface area contributed by atoms with Gasteiger partial charge < -0.3 is 9.32 Å². The molecule has 0 aromatic carbocycles. The molecule has 1 aliphatic carbocycles. The van der Waals surface area contributed by atoms with Crippen LogP contribution in [-0.2, 0) is 12.8 Å². The molecule has 22 heavy (non-hydrogen) atoms. The van der Waals surface area contributed by atoms with E-state index in [4.69, 9.17) is 4.42 Å². The van der Waals surface area contributed by atoms with E-state index in [1.165, 1.54) is 12.0 Å². The highest BCUT2D eigenvalue weighted by Gasteiger charge is 2.33. The molecular formula is C14H17N5O2S. The van der Waals surface area contributed by atoms with E-state index in [0.29, 0.717) is 18.1 Å². The van der Waals surface area contributed by atoms with Crippen LogP contribution >= 0.6 is 11.8 Å². The summed E-state index contributed by atoms with van der Waals surface area (Å²) >= 11 is 1.80. The number of furan rings is 1. The lowest BCUT2D eigenvalue weighted by molar-refractivity contribution is 0.0659. The lowest BCUT2D eigenvalue weighted by Crippen LogP contribution is -2.41. The first-order valence-electron chi connectivity index (χ1n) is 7.56. The van der Waals surface area contributed by atoms with Gasteiger partial charge in [-0.3, -0.25) is 4.79 Å². The van der Waals surface area contributed by atoms with Crippen LogP contribution in [0.3, 0.4) is 0 Å². The van der Waals surface area contributed by atoms with Gasteiger partial charge in [0.05, 0.1) is 0 Å². The van der Waals surface area contributed by atoms with Crippen LogP contribution in [0.4, 0.5) is 0 Å². The Kier molecular flexibility index (Phi) is 3.61. The minimum atomic E-state index is -0.146. The van der Waals surface area contributed by atoms with Crippen LogP contribution in [0.5, 0.6) is 0 Å². The Balaban J connectivity index is 1.61. The number of aryl methyl sites for hydroxylation is 2. The number of amides is 1. The molecule has 2 aliphatic rings. The summed E-state index contributed by atoms with van der Waals surface area (Å²) in [6, 6.07) is 1.78. The molecule has 1 saturated heterocycles. The minimum Gasteiger partial charge on any atom is -0.456 e. The zero-order valence-corrected chi connectivity index (χ0v) is 12.9. The molecule has 0 spiro atoms. The van der Waals surface area contributed by atoms with Gasteiger partial charge in [-0.2, -0.15) is 17.0 Å². The summed E-state index contributed by atoms with van der Waals surface area (Å²) in [7, 11) is 0. The second-order valence-electron chi connectivity index (χ2n) is 5.63. The fourth-order valence-corrected chi connectivity index (χ4v) is 4.15. The average molecular weight is 319 g/mol. The van der Waals surface area contributed by atoms with Gasteiger partial charge in [0.15, 0.2) is 11.6 Å². The molecule has 1 unspecified atom stereocenters. The Morgan fingerprint density at radius 3 is 3.14 bits per heavy atom. The maximum Gasteiger partial charge on any atom is 0.290 e. The molecule has 4 rings (SSSR count). The molecule has 1 N–H and O–H groups in total. The Hall–Kier alpha value is -1.83. The number of aromatic amines is 1. The van der Waals surface area contributed by atoms with E-state index in [1.807, 2.05) is 11.0 Å². The van der Waals surface area contributed by atoms with Crippen molar-refractivity contribution < 1.29 is 9.21 Å². The Morgan fingerprint density at radius 1 is 1.41 bits per heavy atom. The van der Waals surface area contributed by atoms with Gasteiger partial charge in [-0.1, -0.05) is 5.21 Å². The third-order valence-electron chi connectivity index (χ3n) is 4.26. The number of H-pyrrole nitrogens is 1. The summed E-state index contributed by atoms with van der Waals surface area (Å²) in [5, 5.41) is 14.2. The second-order valence-corrected chi connectivity index (χ2v) is 6.78. The molecule has 0 bridgehead atoms. The first-order chi connectivity index (χ1) is 10.8. The number of fused-ring (bicyclic) bond motifs is 1. The topological polar surface area (TPSA) is 87.9 Å². The number of carbonyl (C=O) groups is 1. The Morgan fingerprint density at radius 2 is 2.32 bits per heavy atom. The zero-order valence-electron chi connectivity index (χ0n) is 12.1. The van der Waals surface area contributed by atoms with Gasteiger partial charge in [0, 0.05) is 24.5 Å². The van der Waals surface area contributed by atoms with Crippen molar-refractivity contribution in [2.75, 3.05) is 18.1 Å². The van der Waals surface area contributed by atoms with Crippen LogP contribution in [0.2, 0.25) is 0 Å². The molecule has 0 radical (unpaired) electrons. The van der Waals surface area contributed by atoms with Crippen LogP contribution in [0.15, 0.2) is 10.5 Å². The van der Waals surface area contributed by atoms with Gasteiger partial charge >= 0.3 is 0 Å². The van der Waals surface area contributed by atoms with E-state index in [1.54, 1.807) is 11.8 Å². The highest BCUT2D eigenvalue weighted by molar-refractivity contribution is 7.99. The molecule has 2 aromatic rings. The van der Waals surface area contributed by atoms with Gasteiger partial charge in [-0.15, -0.1) is 10.2 Å². The number of hydrogen-bond acceptors (Lipinski definition) is 6. The van der Waals surface area contributed by atoms with Crippen molar-refractivity contribution in [2.24, 2.45) is 0 Å². The van der Waals surface area contributed by atoms with Gasteiger partial charge in [0.1, 0.15) is 11.8 Å². The number of aromatic nitrogens is 4.